The molecule has 0 atom stereocenters. The first-order valence-electron chi connectivity index (χ1n) is 6.21. The molecule has 0 radical (unpaired) electrons. The number of hydrogen-bond acceptors (Lipinski definition) is 3. The minimum absolute atomic E-state index is 0.115. The van der Waals surface area contributed by atoms with Gasteiger partial charge in [0.1, 0.15) is 12.9 Å². The Labute approximate surface area is 119 Å². The molecular weight excluding hydrogens is 275 g/mol. The predicted molar refractivity (Wildman–Crippen MR) is 75.1 cm³/mol. The van der Waals surface area contributed by atoms with Crippen molar-refractivity contribution < 1.29 is 14.0 Å². The summed E-state index contributed by atoms with van der Waals surface area (Å²) in [7, 11) is 1.34. The zero-order valence-corrected chi connectivity index (χ0v) is 11.1. The van der Waals surface area contributed by atoms with Gasteiger partial charge >= 0.3 is 5.56 Å². The molecule has 1 aromatic heterocycles. The number of hydrogen-bond donors (Lipinski definition) is 0. The van der Waals surface area contributed by atoms with Gasteiger partial charge in [0.05, 0.1) is 5.56 Å². The highest BCUT2D eigenvalue weighted by atomic mass is 19.1. The monoisotopic (exact) mass is 286 g/mol. The van der Waals surface area contributed by atoms with E-state index in [-0.39, 0.29) is 5.69 Å². The van der Waals surface area contributed by atoms with Gasteiger partial charge < -0.3 is 10.0 Å². The fourth-order valence-corrected chi connectivity index (χ4v) is 2.25. The van der Waals surface area contributed by atoms with Crippen molar-refractivity contribution in [2.24, 2.45) is 0 Å². The molecule has 0 bridgehead atoms. The van der Waals surface area contributed by atoms with Crippen LogP contribution in [0.3, 0.4) is 0 Å². The zero-order chi connectivity index (χ0) is 15.0. The van der Waals surface area contributed by atoms with Crippen molar-refractivity contribution in [2.75, 3.05) is 7.11 Å². The fraction of sp³-hybridized carbons (Fsp3) is 0.0667. The largest absolute Gasteiger partial charge is 0.618 e. The number of nitrogens with zero attached hydrogens (tertiary/aromatic N) is 2. The maximum absolute atomic E-state index is 13.0. The molecule has 6 heteroatoms. The Bertz CT molecular complexity index is 872. The number of para-hydroxylation sites is 2. The van der Waals surface area contributed by atoms with E-state index >= 15 is 0 Å². The van der Waals surface area contributed by atoms with Gasteiger partial charge in [0.2, 0.25) is 5.52 Å². The maximum Gasteiger partial charge on any atom is 0.357 e. The second kappa shape index (κ2) is 4.90. The van der Waals surface area contributed by atoms with E-state index in [0.29, 0.717) is 21.3 Å². The topological polar surface area (TPSA) is 58.2 Å². The summed E-state index contributed by atoms with van der Waals surface area (Å²) in [6, 6.07) is 11.8. The van der Waals surface area contributed by atoms with E-state index in [1.54, 1.807) is 24.3 Å². The highest BCUT2D eigenvalue weighted by Crippen LogP contribution is 2.15. The molecule has 106 valence electrons. The molecule has 0 unspecified atom stereocenters. The molecule has 0 aliphatic rings. The van der Waals surface area contributed by atoms with E-state index in [1.807, 2.05) is 0 Å². The Kier molecular flexibility index (Phi) is 3.06. The minimum Gasteiger partial charge on any atom is -0.618 e. The molecule has 0 amide bonds. The average molecular weight is 286 g/mol. The van der Waals surface area contributed by atoms with Crippen LogP contribution in [0.15, 0.2) is 53.3 Å². The molecule has 0 aliphatic heterocycles. The molecular formula is C15H11FN2O3. The standard InChI is InChI=1S/C15H11FN2O3/c1-21-18-13-5-3-2-4-12(13)17(20)14(15(18)19)10-6-8-11(16)9-7-10/h2-9H,1H3. The number of aromatic nitrogens is 2. The van der Waals surface area contributed by atoms with Crippen molar-refractivity contribution in [3.05, 3.63) is 69.9 Å². The summed E-state index contributed by atoms with van der Waals surface area (Å²) >= 11 is 0. The van der Waals surface area contributed by atoms with E-state index in [4.69, 9.17) is 4.84 Å². The predicted octanol–water partition coefficient (Wildman–Crippen LogP) is 1.50. The highest BCUT2D eigenvalue weighted by Gasteiger charge is 2.22. The molecule has 0 saturated carbocycles. The number of fused-ring (bicyclic) bond motifs is 1. The SMILES string of the molecule is COn1c(=O)c(-c2ccc(F)cc2)[n+]([O-])c2ccccc21. The van der Waals surface area contributed by atoms with Crippen molar-refractivity contribution in [1.29, 1.82) is 0 Å². The summed E-state index contributed by atoms with van der Waals surface area (Å²) in [6.45, 7) is 0. The van der Waals surface area contributed by atoms with Gasteiger partial charge in [-0.15, -0.1) is 4.73 Å². The summed E-state index contributed by atoms with van der Waals surface area (Å²) in [5.41, 5.74) is 0.269. The van der Waals surface area contributed by atoms with Crippen LogP contribution in [0, 0.1) is 11.0 Å². The second-order valence-corrected chi connectivity index (χ2v) is 4.42. The fourth-order valence-electron chi connectivity index (χ4n) is 2.25. The third kappa shape index (κ3) is 2.01. The van der Waals surface area contributed by atoms with Gasteiger partial charge in [0, 0.05) is 6.07 Å². The van der Waals surface area contributed by atoms with Gasteiger partial charge in [-0.1, -0.05) is 12.1 Å². The molecule has 2 aromatic carbocycles. The summed E-state index contributed by atoms with van der Waals surface area (Å²) in [6.07, 6.45) is 0. The minimum atomic E-state index is -0.599. The molecule has 0 N–H and O–H groups in total. The third-order valence-electron chi connectivity index (χ3n) is 3.21. The van der Waals surface area contributed by atoms with Crippen LogP contribution in [-0.4, -0.2) is 11.8 Å². The van der Waals surface area contributed by atoms with Crippen LogP contribution in [0.25, 0.3) is 22.3 Å². The average Bonchev–Trinajstić information content (AvgIpc) is 2.50. The normalized spacial score (nSPS) is 10.8. The van der Waals surface area contributed by atoms with Crippen LogP contribution >= 0.6 is 0 Å². The van der Waals surface area contributed by atoms with Crippen molar-refractivity contribution in [1.82, 2.24) is 4.73 Å². The Balaban J connectivity index is 2.43. The van der Waals surface area contributed by atoms with Crippen LogP contribution in [0.4, 0.5) is 4.39 Å². The molecule has 0 saturated heterocycles. The highest BCUT2D eigenvalue weighted by molar-refractivity contribution is 5.73. The summed E-state index contributed by atoms with van der Waals surface area (Å²) in [5, 5.41) is 12.5. The molecule has 0 fully saturated rings. The zero-order valence-electron chi connectivity index (χ0n) is 11.1. The molecule has 3 aromatic rings. The number of rotatable bonds is 2. The van der Waals surface area contributed by atoms with E-state index < -0.39 is 11.4 Å². The van der Waals surface area contributed by atoms with Crippen LogP contribution in [0.5, 0.6) is 0 Å². The Morgan fingerprint density at radius 3 is 2.48 bits per heavy atom. The number of halogens is 1. The van der Waals surface area contributed by atoms with E-state index in [1.165, 1.54) is 31.4 Å². The number of benzene rings is 2. The smallest absolute Gasteiger partial charge is 0.357 e. The molecule has 0 aliphatic carbocycles. The lowest BCUT2D eigenvalue weighted by atomic mass is 10.1. The van der Waals surface area contributed by atoms with Crippen LogP contribution in [-0.2, 0) is 0 Å². The second-order valence-electron chi connectivity index (χ2n) is 4.42. The van der Waals surface area contributed by atoms with Crippen LogP contribution in [0.2, 0.25) is 0 Å². The first-order valence-corrected chi connectivity index (χ1v) is 6.21. The molecule has 0 spiro atoms. The van der Waals surface area contributed by atoms with Gasteiger partial charge in [-0.05, 0) is 30.3 Å². The first kappa shape index (κ1) is 13.1. The van der Waals surface area contributed by atoms with E-state index in [2.05, 4.69) is 0 Å². The lowest BCUT2D eigenvalue weighted by Gasteiger charge is -2.11. The van der Waals surface area contributed by atoms with Crippen LogP contribution in [0.1, 0.15) is 0 Å². The summed E-state index contributed by atoms with van der Waals surface area (Å²) in [4.78, 5) is 17.5. The van der Waals surface area contributed by atoms with Gasteiger partial charge in [0.15, 0.2) is 5.52 Å². The Hall–Kier alpha value is -2.89. The molecule has 1 heterocycles. The first-order chi connectivity index (χ1) is 10.1. The third-order valence-corrected chi connectivity index (χ3v) is 3.21. The van der Waals surface area contributed by atoms with Gasteiger partial charge in [-0.3, -0.25) is 4.79 Å². The van der Waals surface area contributed by atoms with Crippen molar-refractivity contribution in [3.8, 4) is 11.3 Å². The van der Waals surface area contributed by atoms with E-state index in [0.717, 1.165) is 4.73 Å². The Morgan fingerprint density at radius 2 is 1.81 bits per heavy atom. The molecule has 21 heavy (non-hydrogen) atoms. The van der Waals surface area contributed by atoms with Gasteiger partial charge in [-0.25, -0.2) is 4.39 Å². The van der Waals surface area contributed by atoms with Gasteiger partial charge in [-0.2, -0.15) is 4.73 Å². The summed E-state index contributed by atoms with van der Waals surface area (Å²) in [5.74, 6) is -0.441. The molecule has 3 rings (SSSR count). The molecule has 5 nitrogen and oxygen atoms in total. The van der Waals surface area contributed by atoms with Gasteiger partial charge in [0.25, 0.3) is 5.69 Å². The Morgan fingerprint density at radius 1 is 1.14 bits per heavy atom. The van der Waals surface area contributed by atoms with Crippen molar-refractivity contribution in [2.45, 2.75) is 0 Å². The lowest BCUT2D eigenvalue weighted by molar-refractivity contribution is -0.566. The lowest BCUT2D eigenvalue weighted by Crippen LogP contribution is -2.42. The van der Waals surface area contributed by atoms with E-state index in [9.17, 15) is 14.4 Å². The quantitative estimate of drug-likeness (QED) is 0.530. The van der Waals surface area contributed by atoms with Crippen LogP contribution < -0.4 is 15.1 Å². The maximum atomic E-state index is 13.0. The summed E-state index contributed by atoms with van der Waals surface area (Å²) < 4.78 is 14.6. The van der Waals surface area contributed by atoms with Crippen molar-refractivity contribution >= 4 is 11.0 Å². The van der Waals surface area contributed by atoms with Crippen molar-refractivity contribution in [3.63, 3.8) is 0 Å².